The van der Waals surface area contributed by atoms with Gasteiger partial charge in [-0.2, -0.15) is 5.10 Å². The van der Waals surface area contributed by atoms with Gasteiger partial charge in [-0.1, -0.05) is 6.92 Å². The van der Waals surface area contributed by atoms with Crippen LogP contribution in [-0.4, -0.2) is 21.3 Å². The Bertz CT molecular complexity index is 421. The molecule has 0 aliphatic carbocycles. The molecular formula is C11H16N4S. The van der Waals surface area contributed by atoms with Gasteiger partial charge in [-0.05, 0) is 19.5 Å². The smallest absolute Gasteiger partial charge is 0.0930 e. The number of aromatic nitrogens is 3. The molecule has 5 heteroatoms. The van der Waals surface area contributed by atoms with Gasteiger partial charge in [0.1, 0.15) is 0 Å². The molecule has 0 bridgehead atoms. The molecule has 0 aromatic carbocycles. The summed E-state index contributed by atoms with van der Waals surface area (Å²) in [5.41, 5.74) is 4.11. The van der Waals surface area contributed by atoms with Crippen LogP contribution in [0.4, 0.5) is 0 Å². The Hall–Kier alpha value is -1.20. The fourth-order valence-corrected chi connectivity index (χ4v) is 2.36. The SMILES string of the molecule is CCNC(c1cscn1)c1ccnn1CC. The highest BCUT2D eigenvalue weighted by Crippen LogP contribution is 2.21. The lowest BCUT2D eigenvalue weighted by Gasteiger charge is -2.16. The van der Waals surface area contributed by atoms with Crippen molar-refractivity contribution in [1.29, 1.82) is 0 Å². The van der Waals surface area contributed by atoms with Gasteiger partial charge in [0.25, 0.3) is 0 Å². The summed E-state index contributed by atoms with van der Waals surface area (Å²) in [5.74, 6) is 0. The first kappa shape index (κ1) is 11.3. The number of aryl methyl sites for hydroxylation is 1. The zero-order valence-electron chi connectivity index (χ0n) is 9.55. The quantitative estimate of drug-likeness (QED) is 0.864. The lowest BCUT2D eigenvalue weighted by molar-refractivity contribution is 0.536. The summed E-state index contributed by atoms with van der Waals surface area (Å²) in [6.07, 6.45) is 1.84. The molecule has 2 aromatic heterocycles. The van der Waals surface area contributed by atoms with Crippen LogP contribution in [0.5, 0.6) is 0 Å². The van der Waals surface area contributed by atoms with E-state index in [9.17, 15) is 0 Å². The van der Waals surface area contributed by atoms with Gasteiger partial charge in [-0.25, -0.2) is 4.98 Å². The van der Waals surface area contributed by atoms with E-state index in [1.807, 2.05) is 16.4 Å². The van der Waals surface area contributed by atoms with Crippen molar-refractivity contribution in [2.24, 2.45) is 0 Å². The van der Waals surface area contributed by atoms with Crippen molar-refractivity contribution in [3.05, 3.63) is 34.5 Å². The number of thiazole rings is 1. The molecule has 2 heterocycles. The third-order valence-corrected chi connectivity index (χ3v) is 3.10. The molecule has 1 N–H and O–H groups in total. The van der Waals surface area contributed by atoms with E-state index in [-0.39, 0.29) is 6.04 Å². The predicted octanol–water partition coefficient (Wildman–Crippen LogP) is 2.06. The van der Waals surface area contributed by atoms with Crippen LogP contribution in [0.3, 0.4) is 0 Å². The molecule has 0 saturated carbocycles. The molecule has 0 saturated heterocycles. The van der Waals surface area contributed by atoms with Crippen LogP contribution >= 0.6 is 11.3 Å². The van der Waals surface area contributed by atoms with E-state index in [0.717, 1.165) is 18.8 Å². The summed E-state index contributed by atoms with van der Waals surface area (Å²) in [4.78, 5) is 4.38. The minimum atomic E-state index is 0.152. The van der Waals surface area contributed by atoms with E-state index in [4.69, 9.17) is 0 Å². The van der Waals surface area contributed by atoms with E-state index in [1.54, 1.807) is 11.3 Å². The van der Waals surface area contributed by atoms with Crippen molar-refractivity contribution in [2.75, 3.05) is 6.54 Å². The standard InChI is InChI=1S/C11H16N4S/c1-3-12-11(9-7-16-8-13-9)10-5-6-14-15(10)4-2/h5-8,11-12H,3-4H2,1-2H3. The highest BCUT2D eigenvalue weighted by atomic mass is 32.1. The van der Waals surface area contributed by atoms with Crippen LogP contribution < -0.4 is 5.32 Å². The van der Waals surface area contributed by atoms with Crippen molar-refractivity contribution in [2.45, 2.75) is 26.4 Å². The molecular weight excluding hydrogens is 220 g/mol. The Balaban J connectivity index is 2.33. The average molecular weight is 236 g/mol. The van der Waals surface area contributed by atoms with Gasteiger partial charge in [0, 0.05) is 18.1 Å². The maximum absolute atomic E-state index is 4.38. The predicted molar refractivity (Wildman–Crippen MR) is 65.5 cm³/mol. The molecule has 4 nitrogen and oxygen atoms in total. The van der Waals surface area contributed by atoms with Crippen molar-refractivity contribution < 1.29 is 0 Å². The number of hydrogen-bond donors (Lipinski definition) is 1. The Morgan fingerprint density at radius 1 is 1.50 bits per heavy atom. The second-order valence-corrected chi connectivity index (χ2v) is 4.19. The van der Waals surface area contributed by atoms with E-state index < -0.39 is 0 Å². The molecule has 86 valence electrons. The molecule has 16 heavy (non-hydrogen) atoms. The average Bonchev–Trinajstić information content (AvgIpc) is 2.96. The van der Waals surface area contributed by atoms with Crippen LogP contribution in [0.1, 0.15) is 31.3 Å². The number of nitrogens with one attached hydrogen (secondary N) is 1. The molecule has 0 amide bonds. The summed E-state index contributed by atoms with van der Waals surface area (Å²) in [6.45, 7) is 6.00. The molecule has 1 atom stereocenters. The fourth-order valence-electron chi connectivity index (χ4n) is 1.78. The van der Waals surface area contributed by atoms with E-state index in [2.05, 4.69) is 40.7 Å². The molecule has 0 radical (unpaired) electrons. The molecule has 2 rings (SSSR count). The maximum atomic E-state index is 4.38. The topological polar surface area (TPSA) is 42.7 Å². The Morgan fingerprint density at radius 2 is 2.38 bits per heavy atom. The molecule has 0 fully saturated rings. The van der Waals surface area contributed by atoms with Gasteiger partial charge in [-0.15, -0.1) is 11.3 Å². The van der Waals surface area contributed by atoms with Crippen LogP contribution in [0.25, 0.3) is 0 Å². The van der Waals surface area contributed by atoms with Crippen LogP contribution in [-0.2, 0) is 6.54 Å². The summed E-state index contributed by atoms with van der Waals surface area (Å²) in [5, 5.41) is 9.83. The molecule has 2 aromatic rings. The third-order valence-electron chi connectivity index (χ3n) is 2.50. The summed E-state index contributed by atoms with van der Waals surface area (Å²) in [7, 11) is 0. The van der Waals surface area contributed by atoms with E-state index in [1.165, 1.54) is 5.69 Å². The molecule has 0 aliphatic rings. The lowest BCUT2D eigenvalue weighted by Crippen LogP contribution is -2.25. The van der Waals surface area contributed by atoms with E-state index in [0.29, 0.717) is 0 Å². The zero-order valence-corrected chi connectivity index (χ0v) is 10.4. The first-order valence-corrected chi connectivity index (χ1v) is 6.44. The fraction of sp³-hybridized carbons (Fsp3) is 0.455. The molecule has 0 aliphatic heterocycles. The van der Waals surface area contributed by atoms with E-state index >= 15 is 0 Å². The summed E-state index contributed by atoms with van der Waals surface area (Å²) in [6, 6.07) is 2.20. The van der Waals surface area contributed by atoms with Gasteiger partial charge in [0.2, 0.25) is 0 Å². The first-order valence-electron chi connectivity index (χ1n) is 5.50. The van der Waals surface area contributed by atoms with Crippen molar-refractivity contribution in [3.63, 3.8) is 0 Å². The van der Waals surface area contributed by atoms with Gasteiger partial charge in [0.05, 0.1) is 22.9 Å². The van der Waals surface area contributed by atoms with Crippen molar-refractivity contribution in [1.82, 2.24) is 20.1 Å². The zero-order chi connectivity index (χ0) is 11.4. The second-order valence-electron chi connectivity index (χ2n) is 3.48. The summed E-state index contributed by atoms with van der Waals surface area (Å²) >= 11 is 1.62. The van der Waals surface area contributed by atoms with Crippen LogP contribution in [0.2, 0.25) is 0 Å². The van der Waals surface area contributed by atoms with Gasteiger partial charge in [-0.3, -0.25) is 4.68 Å². The Kier molecular flexibility index (Phi) is 3.69. The van der Waals surface area contributed by atoms with Crippen LogP contribution in [0, 0.1) is 0 Å². The Labute approximate surface area is 99.3 Å². The highest BCUT2D eigenvalue weighted by Gasteiger charge is 2.18. The van der Waals surface area contributed by atoms with Crippen LogP contribution in [0.15, 0.2) is 23.2 Å². The number of hydrogen-bond acceptors (Lipinski definition) is 4. The normalized spacial score (nSPS) is 12.9. The lowest BCUT2D eigenvalue weighted by atomic mass is 10.1. The first-order chi connectivity index (χ1) is 7.86. The number of rotatable bonds is 5. The minimum Gasteiger partial charge on any atom is -0.304 e. The second kappa shape index (κ2) is 5.23. The van der Waals surface area contributed by atoms with Gasteiger partial charge < -0.3 is 5.32 Å². The number of nitrogens with zero attached hydrogens (tertiary/aromatic N) is 3. The summed E-state index contributed by atoms with van der Waals surface area (Å²) < 4.78 is 2.01. The van der Waals surface area contributed by atoms with Gasteiger partial charge in [0.15, 0.2) is 0 Å². The third kappa shape index (κ3) is 2.15. The Morgan fingerprint density at radius 3 is 3.00 bits per heavy atom. The maximum Gasteiger partial charge on any atom is 0.0930 e. The minimum absolute atomic E-state index is 0.152. The monoisotopic (exact) mass is 236 g/mol. The largest absolute Gasteiger partial charge is 0.304 e. The highest BCUT2D eigenvalue weighted by molar-refractivity contribution is 7.07. The van der Waals surface area contributed by atoms with Crippen molar-refractivity contribution >= 4 is 11.3 Å². The molecule has 1 unspecified atom stereocenters. The molecule has 0 spiro atoms. The van der Waals surface area contributed by atoms with Crippen molar-refractivity contribution in [3.8, 4) is 0 Å². The van der Waals surface area contributed by atoms with Gasteiger partial charge >= 0.3 is 0 Å².